The van der Waals surface area contributed by atoms with Gasteiger partial charge in [0.05, 0.1) is 16.8 Å². The second-order valence-electron chi connectivity index (χ2n) is 16.3. The Balaban J connectivity index is 1.11. The van der Waals surface area contributed by atoms with E-state index >= 15 is 0 Å². The summed E-state index contributed by atoms with van der Waals surface area (Å²) >= 11 is 0. The molecule has 13 rings (SSSR count). The molecule has 2 heteroatoms. The number of para-hydroxylation sites is 1. The van der Waals surface area contributed by atoms with Gasteiger partial charge in [-0.3, -0.25) is 0 Å². The largest absolute Gasteiger partial charge is 0.454 e. The van der Waals surface area contributed by atoms with E-state index in [4.69, 9.17) is 4.42 Å². The molecule has 0 radical (unpaired) electrons. The van der Waals surface area contributed by atoms with Gasteiger partial charge in [0.2, 0.25) is 0 Å². The molecule has 0 amide bonds. The highest BCUT2D eigenvalue weighted by molar-refractivity contribution is 6.23. The summed E-state index contributed by atoms with van der Waals surface area (Å²) in [4.78, 5) is 2.47. The van der Waals surface area contributed by atoms with Crippen molar-refractivity contribution in [3.8, 4) is 44.5 Å². The van der Waals surface area contributed by atoms with Crippen LogP contribution in [0.1, 0.15) is 22.3 Å². The second-order valence-corrected chi connectivity index (χ2v) is 16.3. The zero-order valence-corrected chi connectivity index (χ0v) is 33.2. The van der Waals surface area contributed by atoms with Crippen LogP contribution in [0, 0.1) is 0 Å². The van der Waals surface area contributed by atoms with Crippen LogP contribution in [0.15, 0.2) is 229 Å². The Labute approximate surface area is 354 Å². The highest BCUT2D eigenvalue weighted by atomic mass is 16.3. The van der Waals surface area contributed by atoms with Crippen molar-refractivity contribution in [1.82, 2.24) is 0 Å². The molecule has 1 spiro atoms. The van der Waals surface area contributed by atoms with Crippen LogP contribution in [0.3, 0.4) is 0 Å². The van der Waals surface area contributed by atoms with Gasteiger partial charge in [-0.1, -0.05) is 194 Å². The molecule has 0 atom stereocenters. The van der Waals surface area contributed by atoms with Crippen LogP contribution >= 0.6 is 0 Å². The molecule has 10 aromatic carbocycles. The van der Waals surface area contributed by atoms with E-state index < -0.39 is 5.41 Å². The fourth-order valence-electron chi connectivity index (χ4n) is 10.8. The molecular formula is C59H37NO. The van der Waals surface area contributed by atoms with Gasteiger partial charge in [-0.25, -0.2) is 0 Å². The molecule has 0 bridgehead atoms. The van der Waals surface area contributed by atoms with Gasteiger partial charge in [-0.15, -0.1) is 0 Å². The van der Waals surface area contributed by atoms with E-state index in [-0.39, 0.29) is 0 Å². The predicted molar refractivity (Wildman–Crippen MR) is 253 cm³/mol. The average Bonchev–Trinajstić information content (AvgIpc) is 3.98. The molecule has 1 aromatic heterocycles. The maximum Gasteiger partial charge on any atom is 0.160 e. The highest BCUT2D eigenvalue weighted by Gasteiger charge is 2.52. The minimum atomic E-state index is -0.471. The van der Waals surface area contributed by atoms with Gasteiger partial charge in [0.1, 0.15) is 5.58 Å². The van der Waals surface area contributed by atoms with Crippen LogP contribution in [0.5, 0.6) is 0 Å². The Bertz CT molecular complexity index is 3490. The fourth-order valence-corrected chi connectivity index (χ4v) is 10.8. The Morgan fingerprint density at radius 2 is 0.902 bits per heavy atom. The quantitative estimate of drug-likeness (QED) is 0.173. The molecule has 0 unspecified atom stereocenters. The van der Waals surface area contributed by atoms with Crippen LogP contribution in [-0.2, 0) is 5.41 Å². The highest BCUT2D eigenvalue weighted by Crippen LogP contribution is 2.65. The van der Waals surface area contributed by atoms with Gasteiger partial charge in [0.15, 0.2) is 5.58 Å². The van der Waals surface area contributed by atoms with Crippen molar-refractivity contribution in [2.45, 2.75) is 5.41 Å². The van der Waals surface area contributed by atoms with Crippen LogP contribution in [0.2, 0.25) is 0 Å². The molecular weight excluding hydrogens is 739 g/mol. The van der Waals surface area contributed by atoms with E-state index in [2.05, 4.69) is 229 Å². The van der Waals surface area contributed by atoms with E-state index in [0.717, 1.165) is 55.5 Å². The van der Waals surface area contributed by atoms with Gasteiger partial charge in [0.25, 0.3) is 0 Å². The second kappa shape index (κ2) is 13.0. The SMILES string of the molecule is c1ccc(-c2ccc(-c3cccc(N(c4cccc5c4-c4ccccc4C54c5ccccc5-c5ccccc54)c4cc5ccccc5c5c4oc4ccccc45)c3)cc2)cc1. The van der Waals surface area contributed by atoms with Crippen LogP contribution in [0.4, 0.5) is 17.1 Å². The lowest BCUT2D eigenvalue weighted by Gasteiger charge is -2.32. The molecule has 2 aliphatic carbocycles. The molecule has 0 fully saturated rings. The summed E-state index contributed by atoms with van der Waals surface area (Å²) in [6.07, 6.45) is 0. The van der Waals surface area contributed by atoms with E-state index in [1.807, 2.05) is 0 Å². The molecule has 0 N–H and O–H groups in total. The van der Waals surface area contributed by atoms with Crippen molar-refractivity contribution < 1.29 is 4.42 Å². The lowest BCUT2D eigenvalue weighted by atomic mass is 9.70. The first-order valence-electron chi connectivity index (χ1n) is 21.1. The van der Waals surface area contributed by atoms with E-state index in [1.165, 1.54) is 61.0 Å². The maximum absolute atomic E-state index is 7.02. The molecule has 1 heterocycles. The minimum absolute atomic E-state index is 0.471. The summed E-state index contributed by atoms with van der Waals surface area (Å²) < 4.78 is 7.02. The Morgan fingerprint density at radius 1 is 0.361 bits per heavy atom. The van der Waals surface area contributed by atoms with Gasteiger partial charge in [-0.05, 0) is 102 Å². The number of benzene rings is 10. The first-order chi connectivity index (χ1) is 30.3. The normalized spacial score (nSPS) is 13.0. The first-order valence-corrected chi connectivity index (χ1v) is 21.1. The minimum Gasteiger partial charge on any atom is -0.454 e. The van der Waals surface area contributed by atoms with Gasteiger partial charge in [-0.2, -0.15) is 0 Å². The van der Waals surface area contributed by atoms with Gasteiger partial charge >= 0.3 is 0 Å². The summed E-state index contributed by atoms with van der Waals surface area (Å²) in [6, 6.07) is 82.2. The van der Waals surface area contributed by atoms with Crippen molar-refractivity contribution in [3.63, 3.8) is 0 Å². The van der Waals surface area contributed by atoms with Crippen LogP contribution in [0.25, 0.3) is 77.2 Å². The van der Waals surface area contributed by atoms with E-state index in [0.29, 0.717) is 0 Å². The molecule has 61 heavy (non-hydrogen) atoms. The Morgan fingerprint density at radius 3 is 1.66 bits per heavy atom. The Hall–Kier alpha value is -7.94. The fraction of sp³-hybridized carbons (Fsp3) is 0.0169. The third-order valence-corrected chi connectivity index (χ3v) is 13.3. The zero-order valence-electron chi connectivity index (χ0n) is 33.2. The summed E-state index contributed by atoms with van der Waals surface area (Å²) in [5.41, 5.74) is 19.5. The molecule has 11 aromatic rings. The van der Waals surface area contributed by atoms with E-state index in [9.17, 15) is 0 Å². The predicted octanol–water partition coefficient (Wildman–Crippen LogP) is 15.9. The van der Waals surface area contributed by atoms with Crippen LogP contribution in [-0.4, -0.2) is 0 Å². The van der Waals surface area contributed by atoms with Crippen molar-refractivity contribution >= 4 is 49.8 Å². The summed E-state index contributed by atoms with van der Waals surface area (Å²) in [7, 11) is 0. The molecule has 0 aliphatic heterocycles. The molecule has 0 saturated carbocycles. The summed E-state index contributed by atoms with van der Waals surface area (Å²) in [5.74, 6) is 0. The van der Waals surface area contributed by atoms with Crippen molar-refractivity contribution in [3.05, 3.63) is 247 Å². The number of rotatable bonds is 5. The smallest absolute Gasteiger partial charge is 0.160 e. The lowest BCUT2D eigenvalue weighted by molar-refractivity contribution is 0.669. The topological polar surface area (TPSA) is 16.4 Å². The van der Waals surface area contributed by atoms with E-state index in [1.54, 1.807) is 0 Å². The number of anilines is 3. The molecule has 2 aliphatic rings. The van der Waals surface area contributed by atoms with Crippen molar-refractivity contribution in [2.24, 2.45) is 0 Å². The standard InChI is InChI=1S/C59H37NO/c1-2-16-38(17-3-1)39-32-34-40(35-33-39)41-19-14-20-43(36-41)60(54-37-42-18-4-5-21-44(42)56-48-25-9-13-31-55(48)61-58(54)56)53-30-15-29-52-57(53)47-24-8-12-28-51(47)59(52)49-26-10-6-22-45(49)46-23-7-11-27-50(46)59/h1-37H. The number of hydrogen-bond donors (Lipinski definition) is 0. The number of furan rings is 1. The summed E-state index contributed by atoms with van der Waals surface area (Å²) in [5, 5.41) is 4.59. The monoisotopic (exact) mass is 775 g/mol. The van der Waals surface area contributed by atoms with Crippen molar-refractivity contribution in [2.75, 3.05) is 4.90 Å². The third kappa shape index (κ3) is 4.79. The third-order valence-electron chi connectivity index (χ3n) is 13.3. The lowest BCUT2D eigenvalue weighted by Crippen LogP contribution is -2.26. The number of nitrogens with zero attached hydrogens (tertiary/aromatic N) is 1. The van der Waals surface area contributed by atoms with Crippen LogP contribution < -0.4 is 4.90 Å². The molecule has 0 saturated heterocycles. The van der Waals surface area contributed by atoms with Crippen molar-refractivity contribution in [1.29, 1.82) is 0 Å². The number of hydrogen-bond acceptors (Lipinski definition) is 2. The first kappa shape index (κ1) is 34.0. The molecule has 284 valence electrons. The Kier molecular flexibility index (Phi) is 7.26. The molecule has 2 nitrogen and oxygen atoms in total. The zero-order chi connectivity index (χ0) is 40.1. The summed E-state index contributed by atoms with van der Waals surface area (Å²) in [6.45, 7) is 0. The number of fused-ring (bicyclic) bond motifs is 15. The van der Waals surface area contributed by atoms with Gasteiger partial charge in [0, 0.05) is 22.0 Å². The average molecular weight is 776 g/mol. The van der Waals surface area contributed by atoms with Gasteiger partial charge < -0.3 is 9.32 Å². The maximum atomic E-state index is 7.02.